The molecular formula is C15H25ClN2O3. The van der Waals surface area contributed by atoms with Crippen LogP contribution in [0.15, 0.2) is 24.3 Å². The summed E-state index contributed by atoms with van der Waals surface area (Å²) in [5.74, 6) is 0.878. The van der Waals surface area contributed by atoms with Crippen LogP contribution in [-0.4, -0.2) is 57.8 Å². The van der Waals surface area contributed by atoms with Gasteiger partial charge >= 0.3 is 0 Å². The van der Waals surface area contributed by atoms with Crippen LogP contribution >= 0.6 is 12.4 Å². The summed E-state index contributed by atoms with van der Waals surface area (Å²) < 4.78 is 10.5. The van der Waals surface area contributed by atoms with Crippen molar-refractivity contribution < 1.29 is 14.3 Å². The highest BCUT2D eigenvalue weighted by Crippen LogP contribution is 2.10. The Bertz CT molecular complexity index is 398. The summed E-state index contributed by atoms with van der Waals surface area (Å²) in [7, 11) is 3.41. The number of nitrogens with one attached hydrogen (secondary N) is 1. The van der Waals surface area contributed by atoms with Crippen LogP contribution in [0.4, 0.5) is 0 Å². The maximum atomic E-state index is 11.8. The molecule has 21 heavy (non-hydrogen) atoms. The maximum Gasteiger partial charge on any atom is 0.236 e. The van der Waals surface area contributed by atoms with Gasteiger partial charge in [-0.1, -0.05) is 17.7 Å². The Labute approximate surface area is 133 Å². The Morgan fingerprint density at radius 3 is 2.52 bits per heavy atom. The molecule has 0 spiro atoms. The first-order chi connectivity index (χ1) is 9.63. The van der Waals surface area contributed by atoms with E-state index in [2.05, 4.69) is 5.32 Å². The molecule has 6 heteroatoms. The number of ether oxygens (including phenoxy) is 2. The van der Waals surface area contributed by atoms with Crippen molar-refractivity contribution >= 4 is 18.3 Å². The number of hydrogen-bond acceptors (Lipinski definition) is 4. The van der Waals surface area contributed by atoms with Crippen molar-refractivity contribution in [3.8, 4) is 5.75 Å². The molecule has 0 saturated heterocycles. The molecule has 1 aromatic rings. The first kappa shape index (κ1) is 19.7. The number of carbonyl (C=O) groups excluding carboxylic acids is 1. The lowest BCUT2D eigenvalue weighted by molar-refractivity contribution is -0.129. The SMILES string of the molecule is COCCNCC(=O)N(C)CCOc1ccc(C)cc1.Cl. The van der Waals surface area contributed by atoms with Gasteiger partial charge in [-0.25, -0.2) is 0 Å². The van der Waals surface area contributed by atoms with E-state index < -0.39 is 0 Å². The largest absolute Gasteiger partial charge is 0.492 e. The van der Waals surface area contributed by atoms with E-state index in [0.29, 0.717) is 32.8 Å². The molecule has 120 valence electrons. The van der Waals surface area contributed by atoms with Gasteiger partial charge in [-0.3, -0.25) is 4.79 Å². The van der Waals surface area contributed by atoms with Crippen LogP contribution < -0.4 is 10.1 Å². The Morgan fingerprint density at radius 2 is 1.90 bits per heavy atom. The molecule has 0 radical (unpaired) electrons. The van der Waals surface area contributed by atoms with Gasteiger partial charge in [0.05, 0.1) is 19.7 Å². The van der Waals surface area contributed by atoms with Gasteiger partial charge in [-0.2, -0.15) is 0 Å². The molecule has 0 unspecified atom stereocenters. The molecule has 1 rings (SSSR count). The van der Waals surface area contributed by atoms with Gasteiger partial charge in [0.2, 0.25) is 5.91 Å². The zero-order valence-corrected chi connectivity index (χ0v) is 13.7. The molecule has 0 fully saturated rings. The fourth-order valence-corrected chi connectivity index (χ4v) is 1.56. The number of aryl methyl sites for hydroxylation is 1. The van der Waals surface area contributed by atoms with E-state index >= 15 is 0 Å². The van der Waals surface area contributed by atoms with E-state index in [1.165, 1.54) is 5.56 Å². The lowest BCUT2D eigenvalue weighted by atomic mass is 10.2. The summed E-state index contributed by atoms with van der Waals surface area (Å²) in [5.41, 5.74) is 1.20. The van der Waals surface area contributed by atoms with E-state index in [4.69, 9.17) is 9.47 Å². The standard InChI is InChI=1S/C15H24N2O3.ClH/c1-13-4-6-14(7-5-13)20-11-9-17(2)15(18)12-16-8-10-19-3;/h4-7,16H,8-12H2,1-3H3;1H. The first-order valence-electron chi connectivity index (χ1n) is 6.76. The molecule has 0 atom stereocenters. The summed E-state index contributed by atoms with van der Waals surface area (Å²) in [6.07, 6.45) is 0. The minimum atomic E-state index is 0. The Hall–Kier alpha value is -1.30. The number of nitrogens with zero attached hydrogens (tertiary/aromatic N) is 1. The Balaban J connectivity index is 0.00000400. The lowest BCUT2D eigenvalue weighted by Crippen LogP contribution is -2.38. The molecule has 5 nitrogen and oxygen atoms in total. The van der Waals surface area contributed by atoms with Gasteiger partial charge in [-0.15, -0.1) is 12.4 Å². The predicted octanol–water partition coefficient (Wildman–Crippen LogP) is 1.49. The monoisotopic (exact) mass is 316 g/mol. The van der Waals surface area contributed by atoms with Crippen molar-refractivity contribution in [3.63, 3.8) is 0 Å². The quantitative estimate of drug-likeness (QED) is 0.701. The number of amides is 1. The minimum absolute atomic E-state index is 0. The van der Waals surface area contributed by atoms with Crippen LogP contribution in [0, 0.1) is 6.92 Å². The van der Waals surface area contributed by atoms with Gasteiger partial charge in [0.25, 0.3) is 0 Å². The van der Waals surface area contributed by atoms with Crippen molar-refractivity contribution in [2.75, 3.05) is 47.0 Å². The normalized spacial score (nSPS) is 9.86. The molecule has 1 aromatic carbocycles. The van der Waals surface area contributed by atoms with Crippen LogP contribution in [-0.2, 0) is 9.53 Å². The molecule has 1 amide bonds. The fourth-order valence-electron chi connectivity index (χ4n) is 1.56. The first-order valence-corrected chi connectivity index (χ1v) is 6.76. The molecule has 0 saturated carbocycles. The molecular weight excluding hydrogens is 292 g/mol. The summed E-state index contributed by atoms with van der Waals surface area (Å²) >= 11 is 0. The van der Waals surface area contributed by atoms with Gasteiger partial charge in [0.1, 0.15) is 12.4 Å². The van der Waals surface area contributed by atoms with Crippen LogP contribution in [0.5, 0.6) is 5.75 Å². The molecule has 0 aliphatic carbocycles. The maximum absolute atomic E-state index is 11.8. The number of likely N-dealkylation sites (N-methyl/N-ethyl adjacent to an activating group) is 1. The highest BCUT2D eigenvalue weighted by molar-refractivity contribution is 5.85. The molecule has 0 aliphatic rings. The molecule has 0 aliphatic heterocycles. The second kappa shape index (κ2) is 11.4. The summed E-state index contributed by atoms with van der Waals surface area (Å²) in [4.78, 5) is 13.4. The van der Waals surface area contributed by atoms with E-state index in [-0.39, 0.29) is 18.3 Å². The third-order valence-electron chi connectivity index (χ3n) is 2.90. The smallest absolute Gasteiger partial charge is 0.236 e. The highest BCUT2D eigenvalue weighted by atomic mass is 35.5. The predicted molar refractivity (Wildman–Crippen MR) is 86.3 cm³/mol. The summed E-state index contributed by atoms with van der Waals surface area (Å²) in [5, 5.41) is 3.02. The van der Waals surface area contributed by atoms with Crippen molar-refractivity contribution in [1.29, 1.82) is 0 Å². The lowest BCUT2D eigenvalue weighted by Gasteiger charge is -2.17. The average Bonchev–Trinajstić information content (AvgIpc) is 2.45. The van der Waals surface area contributed by atoms with Crippen molar-refractivity contribution in [2.45, 2.75) is 6.92 Å². The van der Waals surface area contributed by atoms with Gasteiger partial charge in [-0.05, 0) is 19.1 Å². The second-order valence-corrected chi connectivity index (χ2v) is 4.65. The second-order valence-electron chi connectivity index (χ2n) is 4.65. The topological polar surface area (TPSA) is 50.8 Å². The van der Waals surface area contributed by atoms with E-state index in [9.17, 15) is 4.79 Å². The Morgan fingerprint density at radius 1 is 1.24 bits per heavy atom. The van der Waals surface area contributed by atoms with Crippen LogP contribution in [0.2, 0.25) is 0 Å². The zero-order chi connectivity index (χ0) is 14.8. The van der Waals surface area contributed by atoms with Crippen LogP contribution in [0.1, 0.15) is 5.56 Å². The van der Waals surface area contributed by atoms with Gasteiger partial charge < -0.3 is 19.7 Å². The van der Waals surface area contributed by atoms with Gasteiger partial charge in [0.15, 0.2) is 0 Å². The minimum Gasteiger partial charge on any atom is -0.492 e. The molecule has 0 bridgehead atoms. The van der Waals surface area contributed by atoms with E-state index in [1.54, 1.807) is 19.1 Å². The average molecular weight is 317 g/mol. The third-order valence-corrected chi connectivity index (χ3v) is 2.90. The molecule has 0 aromatic heterocycles. The number of methoxy groups -OCH3 is 1. The molecule has 0 heterocycles. The van der Waals surface area contributed by atoms with Gasteiger partial charge in [0, 0.05) is 20.7 Å². The van der Waals surface area contributed by atoms with E-state index in [0.717, 1.165) is 5.75 Å². The van der Waals surface area contributed by atoms with Crippen LogP contribution in [0.25, 0.3) is 0 Å². The van der Waals surface area contributed by atoms with Crippen LogP contribution in [0.3, 0.4) is 0 Å². The number of halogens is 1. The summed E-state index contributed by atoms with van der Waals surface area (Å²) in [6.45, 7) is 4.70. The fraction of sp³-hybridized carbons (Fsp3) is 0.533. The van der Waals surface area contributed by atoms with Crippen molar-refractivity contribution in [2.24, 2.45) is 0 Å². The summed E-state index contributed by atoms with van der Waals surface area (Å²) in [6, 6.07) is 7.88. The number of carbonyl (C=O) groups is 1. The zero-order valence-electron chi connectivity index (χ0n) is 12.9. The number of rotatable bonds is 9. The number of hydrogen-bond donors (Lipinski definition) is 1. The molecule has 1 N–H and O–H groups in total. The Kier molecular flexibility index (Phi) is 10.7. The number of benzene rings is 1. The highest BCUT2D eigenvalue weighted by Gasteiger charge is 2.07. The van der Waals surface area contributed by atoms with Crippen molar-refractivity contribution in [1.82, 2.24) is 10.2 Å². The third kappa shape index (κ3) is 8.55. The van der Waals surface area contributed by atoms with E-state index in [1.807, 2.05) is 31.2 Å². The van der Waals surface area contributed by atoms with Crippen molar-refractivity contribution in [3.05, 3.63) is 29.8 Å².